The van der Waals surface area contributed by atoms with Crippen LogP contribution >= 0.6 is 11.3 Å². The Bertz CT molecular complexity index is 342. The number of aryl methyl sites for hydroxylation is 1. The lowest BCUT2D eigenvalue weighted by Crippen LogP contribution is -2.57. The minimum Gasteiger partial charge on any atom is -0.326 e. The maximum absolute atomic E-state index is 6.44. The zero-order valence-electron chi connectivity index (χ0n) is 11.7. The van der Waals surface area contributed by atoms with Crippen molar-refractivity contribution in [3.8, 4) is 0 Å². The molecule has 1 aromatic heterocycles. The standard InChI is InChI=1S/C13H25N3S/c1-6-13(7-2,16(4)5)12(14)8-11-9-17-10(3)15-11/h9,12H,6-8,14H2,1-5H3. The summed E-state index contributed by atoms with van der Waals surface area (Å²) in [6.07, 6.45) is 3.01. The van der Waals surface area contributed by atoms with Crippen LogP contribution < -0.4 is 5.73 Å². The van der Waals surface area contributed by atoms with Crippen molar-refractivity contribution < 1.29 is 0 Å². The number of thiazole rings is 1. The molecule has 0 spiro atoms. The fraction of sp³-hybridized carbons (Fsp3) is 0.769. The van der Waals surface area contributed by atoms with E-state index < -0.39 is 0 Å². The maximum Gasteiger partial charge on any atom is 0.0897 e. The summed E-state index contributed by atoms with van der Waals surface area (Å²) in [5, 5.41) is 3.25. The van der Waals surface area contributed by atoms with Crippen LogP contribution in [0.4, 0.5) is 0 Å². The third kappa shape index (κ3) is 3.06. The van der Waals surface area contributed by atoms with E-state index in [0.717, 1.165) is 30.0 Å². The van der Waals surface area contributed by atoms with Gasteiger partial charge >= 0.3 is 0 Å². The molecule has 0 aliphatic rings. The van der Waals surface area contributed by atoms with Crippen molar-refractivity contribution in [2.75, 3.05) is 14.1 Å². The molecule has 0 amide bonds. The van der Waals surface area contributed by atoms with Gasteiger partial charge in [-0.1, -0.05) is 13.8 Å². The molecule has 4 heteroatoms. The molecule has 0 aromatic carbocycles. The average Bonchev–Trinajstić information content (AvgIpc) is 2.66. The van der Waals surface area contributed by atoms with E-state index in [0.29, 0.717) is 0 Å². The molecular formula is C13H25N3S. The highest BCUT2D eigenvalue weighted by Gasteiger charge is 2.35. The highest BCUT2D eigenvalue weighted by Crippen LogP contribution is 2.26. The largest absolute Gasteiger partial charge is 0.326 e. The highest BCUT2D eigenvalue weighted by molar-refractivity contribution is 7.09. The Hall–Kier alpha value is -0.450. The first-order valence-electron chi connectivity index (χ1n) is 6.30. The Morgan fingerprint density at radius 2 is 2.00 bits per heavy atom. The van der Waals surface area contributed by atoms with Crippen molar-refractivity contribution in [1.29, 1.82) is 0 Å². The third-order valence-electron chi connectivity index (χ3n) is 3.90. The van der Waals surface area contributed by atoms with Gasteiger partial charge in [0.15, 0.2) is 0 Å². The molecule has 1 unspecified atom stereocenters. The SMILES string of the molecule is CCC(CC)(C(N)Cc1csc(C)n1)N(C)C. The van der Waals surface area contributed by atoms with Crippen LogP contribution in [-0.2, 0) is 6.42 Å². The predicted molar refractivity (Wildman–Crippen MR) is 75.5 cm³/mol. The van der Waals surface area contributed by atoms with Crippen LogP contribution in [0, 0.1) is 6.92 Å². The lowest BCUT2D eigenvalue weighted by atomic mass is 9.81. The first-order chi connectivity index (χ1) is 7.96. The van der Waals surface area contributed by atoms with Crippen molar-refractivity contribution in [3.05, 3.63) is 16.1 Å². The molecule has 0 aliphatic carbocycles. The van der Waals surface area contributed by atoms with Gasteiger partial charge < -0.3 is 10.6 Å². The molecule has 1 heterocycles. The van der Waals surface area contributed by atoms with E-state index in [1.165, 1.54) is 0 Å². The second-order valence-corrected chi connectivity index (χ2v) is 5.94. The third-order valence-corrected chi connectivity index (χ3v) is 4.72. The number of hydrogen-bond donors (Lipinski definition) is 1. The minimum atomic E-state index is 0.0809. The topological polar surface area (TPSA) is 42.1 Å². The van der Waals surface area contributed by atoms with Crippen LogP contribution in [-0.4, -0.2) is 35.6 Å². The quantitative estimate of drug-likeness (QED) is 0.849. The molecule has 0 radical (unpaired) electrons. The van der Waals surface area contributed by atoms with Gasteiger partial charge in [-0.3, -0.25) is 0 Å². The Balaban J connectivity index is 2.82. The molecule has 1 atom stereocenters. The van der Waals surface area contributed by atoms with Crippen molar-refractivity contribution in [3.63, 3.8) is 0 Å². The van der Waals surface area contributed by atoms with Crippen LogP contribution in [0.25, 0.3) is 0 Å². The number of nitrogens with two attached hydrogens (primary N) is 1. The van der Waals surface area contributed by atoms with Gasteiger partial charge in [0.25, 0.3) is 0 Å². The van der Waals surface area contributed by atoms with Crippen LogP contribution in [0.5, 0.6) is 0 Å². The number of hydrogen-bond acceptors (Lipinski definition) is 4. The van der Waals surface area contributed by atoms with Gasteiger partial charge in [0.1, 0.15) is 0 Å². The Morgan fingerprint density at radius 1 is 1.41 bits per heavy atom. The number of aromatic nitrogens is 1. The normalized spacial score (nSPS) is 14.3. The van der Waals surface area contributed by atoms with Gasteiger partial charge in [0.2, 0.25) is 0 Å². The molecule has 0 saturated heterocycles. The molecule has 0 saturated carbocycles. The van der Waals surface area contributed by atoms with Crippen LogP contribution in [0.2, 0.25) is 0 Å². The van der Waals surface area contributed by atoms with Crippen LogP contribution in [0.1, 0.15) is 37.4 Å². The molecule has 1 rings (SSSR count). The van der Waals surface area contributed by atoms with Crippen LogP contribution in [0.3, 0.4) is 0 Å². The summed E-state index contributed by atoms with van der Waals surface area (Å²) in [5.74, 6) is 0. The summed E-state index contributed by atoms with van der Waals surface area (Å²) in [4.78, 5) is 6.79. The van der Waals surface area contributed by atoms with Crippen molar-refractivity contribution >= 4 is 11.3 Å². The molecular weight excluding hydrogens is 230 g/mol. The molecule has 2 N–H and O–H groups in total. The zero-order valence-corrected chi connectivity index (χ0v) is 12.5. The van der Waals surface area contributed by atoms with Crippen molar-refractivity contribution in [2.45, 2.75) is 51.6 Å². The predicted octanol–water partition coefficient (Wildman–Crippen LogP) is 2.44. The molecule has 0 fully saturated rings. The summed E-state index contributed by atoms with van der Waals surface area (Å²) in [5.41, 5.74) is 7.65. The van der Waals surface area contributed by atoms with Gasteiger partial charge in [-0.15, -0.1) is 11.3 Å². The van der Waals surface area contributed by atoms with Gasteiger partial charge in [-0.2, -0.15) is 0 Å². The second-order valence-electron chi connectivity index (χ2n) is 4.87. The van der Waals surface area contributed by atoms with Gasteiger partial charge in [0, 0.05) is 23.4 Å². The second kappa shape index (κ2) is 5.94. The summed E-state index contributed by atoms with van der Waals surface area (Å²) in [6, 6.07) is 0.133. The van der Waals surface area contributed by atoms with Crippen LogP contribution in [0.15, 0.2) is 5.38 Å². The lowest BCUT2D eigenvalue weighted by molar-refractivity contribution is 0.105. The monoisotopic (exact) mass is 255 g/mol. The zero-order chi connectivity index (χ0) is 13.1. The van der Waals surface area contributed by atoms with E-state index in [9.17, 15) is 0 Å². The number of likely N-dealkylation sites (N-methyl/N-ethyl adjacent to an activating group) is 1. The van der Waals surface area contributed by atoms with E-state index in [-0.39, 0.29) is 11.6 Å². The summed E-state index contributed by atoms with van der Waals surface area (Å²) >= 11 is 1.70. The fourth-order valence-electron chi connectivity index (χ4n) is 2.66. The molecule has 3 nitrogen and oxygen atoms in total. The Morgan fingerprint density at radius 3 is 2.35 bits per heavy atom. The van der Waals surface area contributed by atoms with E-state index in [1.807, 2.05) is 6.92 Å². The molecule has 17 heavy (non-hydrogen) atoms. The molecule has 0 bridgehead atoms. The number of rotatable bonds is 6. The average molecular weight is 255 g/mol. The Labute approximate surface area is 109 Å². The maximum atomic E-state index is 6.44. The highest BCUT2D eigenvalue weighted by atomic mass is 32.1. The van der Waals surface area contributed by atoms with E-state index in [4.69, 9.17) is 5.73 Å². The first-order valence-corrected chi connectivity index (χ1v) is 7.18. The number of nitrogens with zero attached hydrogens (tertiary/aromatic N) is 2. The van der Waals surface area contributed by atoms with Crippen molar-refractivity contribution in [2.24, 2.45) is 5.73 Å². The fourth-order valence-corrected chi connectivity index (χ4v) is 3.28. The summed E-state index contributed by atoms with van der Waals surface area (Å²) < 4.78 is 0. The Kier molecular flexibility index (Phi) is 5.10. The smallest absolute Gasteiger partial charge is 0.0897 e. The van der Waals surface area contributed by atoms with E-state index in [1.54, 1.807) is 11.3 Å². The van der Waals surface area contributed by atoms with Gasteiger partial charge in [0.05, 0.1) is 10.7 Å². The minimum absolute atomic E-state index is 0.0809. The van der Waals surface area contributed by atoms with Gasteiger partial charge in [-0.05, 0) is 33.9 Å². The molecule has 0 aliphatic heterocycles. The lowest BCUT2D eigenvalue weighted by Gasteiger charge is -2.43. The molecule has 1 aromatic rings. The van der Waals surface area contributed by atoms with E-state index in [2.05, 4.69) is 43.2 Å². The van der Waals surface area contributed by atoms with Gasteiger partial charge in [-0.25, -0.2) is 4.98 Å². The summed E-state index contributed by atoms with van der Waals surface area (Å²) in [7, 11) is 4.25. The molecule has 98 valence electrons. The first kappa shape index (κ1) is 14.6. The van der Waals surface area contributed by atoms with E-state index >= 15 is 0 Å². The van der Waals surface area contributed by atoms with Crippen molar-refractivity contribution in [1.82, 2.24) is 9.88 Å². The summed E-state index contributed by atoms with van der Waals surface area (Å²) in [6.45, 7) is 6.48.